The van der Waals surface area contributed by atoms with E-state index in [1.807, 2.05) is 24.3 Å². The van der Waals surface area contributed by atoms with Crippen LogP contribution >= 0.6 is 0 Å². The Hall–Kier alpha value is -2.07. The molecule has 21 heavy (non-hydrogen) atoms. The number of rotatable bonds is 6. The molecule has 0 fully saturated rings. The summed E-state index contributed by atoms with van der Waals surface area (Å²) in [5.41, 5.74) is 8.64. The SMILES string of the molecule is CCN(Cc1ccc(CN)c(OC)c1)c1cccc(F)c1. The van der Waals surface area contributed by atoms with E-state index in [-0.39, 0.29) is 5.82 Å². The highest BCUT2D eigenvalue weighted by atomic mass is 19.1. The molecule has 0 amide bonds. The van der Waals surface area contributed by atoms with Gasteiger partial charge in [-0.15, -0.1) is 0 Å². The summed E-state index contributed by atoms with van der Waals surface area (Å²) < 4.78 is 18.7. The first-order chi connectivity index (χ1) is 10.2. The van der Waals surface area contributed by atoms with Crippen molar-refractivity contribution in [2.45, 2.75) is 20.0 Å². The van der Waals surface area contributed by atoms with Gasteiger partial charge in [0.15, 0.2) is 0 Å². The zero-order valence-corrected chi connectivity index (χ0v) is 12.5. The molecule has 2 N–H and O–H groups in total. The Bertz CT molecular complexity index is 601. The zero-order chi connectivity index (χ0) is 15.2. The predicted molar refractivity (Wildman–Crippen MR) is 84.0 cm³/mol. The van der Waals surface area contributed by atoms with Crippen molar-refractivity contribution in [3.63, 3.8) is 0 Å². The summed E-state index contributed by atoms with van der Waals surface area (Å²) in [6, 6.07) is 12.7. The number of hydrogen-bond acceptors (Lipinski definition) is 3. The lowest BCUT2D eigenvalue weighted by molar-refractivity contribution is 0.409. The van der Waals surface area contributed by atoms with Gasteiger partial charge in [0, 0.05) is 30.9 Å². The molecule has 0 saturated heterocycles. The van der Waals surface area contributed by atoms with Gasteiger partial charge in [-0.05, 0) is 36.8 Å². The molecule has 0 atom stereocenters. The van der Waals surface area contributed by atoms with Crippen LogP contribution < -0.4 is 15.4 Å². The third kappa shape index (κ3) is 3.73. The summed E-state index contributed by atoms with van der Waals surface area (Å²) in [6.45, 7) is 3.99. The Morgan fingerprint density at radius 3 is 2.62 bits per heavy atom. The summed E-state index contributed by atoms with van der Waals surface area (Å²) in [5.74, 6) is 0.576. The van der Waals surface area contributed by atoms with Gasteiger partial charge in [-0.25, -0.2) is 4.39 Å². The lowest BCUT2D eigenvalue weighted by Gasteiger charge is -2.23. The van der Waals surface area contributed by atoms with E-state index in [0.717, 1.165) is 29.1 Å². The van der Waals surface area contributed by atoms with Crippen molar-refractivity contribution in [3.8, 4) is 5.75 Å². The molecule has 2 rings (SSSR count). The minimum atomic E-state index is -0.220. The molecule has 2 aromatic carbocycles. The Morgan fingerprint density at radius 2 is 2.00 bits per heavy atom. The van der Waals surface area contributed by atoms with Gasteiger partial charge >= 0.3 is 0 Å². The average Bonchev–Trinajstić information content (AvgIpc) is 2.52. The van der Waals surface area contributed by atoms with Crippen LogP contribution in [0.4, 0.5) is 10.1 Å². The summed E-state index contributed by atoms with van der Waals surface area (Å²) in [6.07, 6.45) is 0. The minimum Gasteiger partial charge on any atom is -0.496 e. The maximum Gasteiger partial charge on any atom is 0.125 e. The number of hydrogen-bond donors (Lipinski definition) is 1. The van der Waals surface area contributed by atoms with E-state index in [1.54, 1.807) is 19.2 Å². The Labute approximate surface area is 125 Å². The first-order valence-corrected chi connectivity index (χ1v) is 7.04. The molecule has 0 aliphatic rings. The van der Waals surface area contributed by atoms with E-state index >= 15 is 0 Å². The topological polar surface area (TPSA) is 38.5 Å². The largest absolute Gasteiger partial charge is 0.496 e. The molecule has 0 radical (unpaired) electrons. The molecule has 0 heterocycles. The normalized spacial score (nSPS) is 10.5. The molecule has 0 aromatic heterocycles. The number of benzene rings is 2. The van der Waals surface area contributed by atoms with Gasteiger partial charge in [0.2, 0.25) is 0 Å². The molecule has 3 nitrogen and oxygen atoms in total. The van der Waals surface area contributed by atoms with Gasteiger partial charge in [0.25, 0.3) is 0 Å². The highest BCUT2D eigenvalue weighted by Crippen LogP contribution is 2.23. The number of anilines is 1. The van der Waals surface area contributed by atoms with Crippen LogP contribution in [0.2, 0.25) is 0 Å². The minimum absolute atomic E-state index is 0.220. The summed E-state index contributed by atoms with van der Waals surface area (Å²) in [5, 5.41) is 0. The summed E-state index contributed by atoms with van der Waals surface area (Å²) in [4.78, 5) is 2.11. The van der Waals surface area contributed by atoms with E-state index in [1.165, 1.54) is 6.07 Å². The molecule has 0 unspecified atom stereocenters. The Kier molecular flexibility index (Phi) is 5.17. The third-order valence-electron chi connectivity index (χ3n) is 3.50. The smallest absolute Gasteiger partial charge is 0.125 e. The monoisotopic (exact) mass is 288 g/mol. The van der Waals surface area contributed by atoms with Crippen molar-refractivity contribution in [3.05, 3.63) is 59.4 Å². The van der Waals surface area contributed by atoms with Crippen LogP contribution in [0.5, 0.6) is 5.75 Å². The van der Waals surface area contributed by atoms with Gasteiger partial charge in [0.1, 0.15) is 11.6 Å². The highest BCUT2D eigenvalue weighted by molar-refractivity contribution is 5.48. The van der Waals surface area contributed by atoms with Gasteiger partial charge < -0.3 is 15.4 Å². The van der Waals surface area contributed by atoms with E-state index in [4.69, 9.17) is 10.5 Å². The van der Waals surface area contributed by atoms with Crippen LogP contribution in [0.25, 0.3) is 0 Å². The Balaban J connectivity index is 2.22. The molecule has 0 bridgehead atoms. The van der Waals surface area contributed by atoms with Crippen LogP contribution in [0.15, 0.2) is 42.5 Å². The fourth-order valence-corrected chi connectivity index (χ4v) is 2.33. The fraction of sp³-hybridized carbons (Fsp3) is 0.294. The van der Waals surface area contributed by atoms with Gasteiger partial charge in [-0.2, -0.15) is 0 Å². The van der Waals surface area contributed by atoms with Crippen molar-refractivity contribution in [1.82, 2.24) is 0 Å². The van der Waals surface area contributed by atoms with Crippen molar-refractivity contribution >= 4 is 5.69 Å². The zero-order valence-electron chi connectivity index (χ0n) is 12.5. The predicted octanol–water partition coefficient (Wildman–Crippen LogP) is 3.32. The van der Waals surface area contributed by atoms with E-state index in [2.05, 4.69) is 11.8 Å². The molecule has 112 valence electrons. The average molecular weight is 288 g/mol. The maximum absolute atomic E-state index is 13.4. The maximum atomic E-state index is 13.4. The van der Waals surface area contributed by atoms with Crippen molar-refractivity contribution in [2.24, 2.45) is 5.73 Å². The summed E-state index contributed by atoms with van der Waals surface area (Å²) >= 11 is 0. The number of nitrogens with two attached hydrogens (primary N) is 1. The van der Waals surface area contributed by atoms with Crippen LogP contribution in [0.1, 0.15) is 18.1 Å². The number of halogens is 1. The molecule has 0 aliphatic heterocycles. The molecular formula is C17H21FN2O. The number of nitrogens with zero attached hydrogens (tertiary/aromatic N) is 1. The molecule has 0 saturated carbocycles. The third-order valence-corrected chi connectivity index (χ3v) is 3.50. The first kappa shape index (κ1) is 15.3. The number of methoxy groups -OCH3 is 1. The fourth-order valence-electron chi connectivity index (χ4n) is 2.33. The quantitative estimate of drug-likeness (QED) is 0.886. The standard InChI is InChI=1S/C17H21FN2O/c1-3-20(16-6-4-5-15(18)10-16)12-13-7-8-14(11-19)17(9-13)21-2/h4-10H,3,11-12,19H2,1-2H3. The summed E-state index contributed by atoms with van der Waals surface area (Å²) in [7, 11) is 1.64. The lowest BCUT2D eigenvalue weighted by atomic mass is 10.1. The van der Waals surface area contributed by atoms with Crippen LogP contribution in [0.3, 0.4) is 0 Å². The molecule has 0 spiro atoms. The molecule has 0 aliphatic carbocycles. The van der Waals surface area contributed by atoms with Crippen LogP contribution in [-0.2, 0) is 13.1 Å². The van der Waals surface area contributed by atoms with Crippen LogP contribution in [-0.4, -0.2) is 13.7 Å². The van der Waals surface area contributed by atoms with Crippen LogP contribution in [0, 0.1) is 5.82 Å². The van der Waals surface area contributed by atoms with Crippen molar-refractivity contribution in [1.29, 1.82) is 0 Å². The number of ether oxygens (including phenoxy) is 1. The lowest BCUT2D eigenvalue weighted by Crippen LogP contribution is -2.22. The second kappa shape index (κ2) is 7.09. The van der Waals surface area contributed by atoms with E-state index in [0.29, 0.717) is 13.1 Å². The molecular weight excluding hydrogens is 267 g/mol. The Morgan fingerprint density at radius 1 is 1.19 bits per heavy atom. The first-order valence-electron chi connectivity index (χ1n) is 7.04. The van der Waals surface area contributed by atoms with E-state index in [9.17, 15) is 4.39 Å². The van der Waals surface area contributed by atoms with Gasteiger partial charge in [0.05, 0.1) is 7.11 Å². The van der Waals surface area contributed by atoms with E-state index < -0.39 is 0 Å². The van der Waals surface area contributed by atoms with Crippen molar-refractivity contribution in [2.75, 3.05) is 18.6 Å². The molecule has 2 aromatic rings. The van der Waals surface area contributed by atoms with Crippen molar-refractivity contribution < 1.29 is 9.13 Å². The molecule has 4 heteroatoms. The van der Waals surface area contributed by atoms with Gasteiger partial charge in [-0.3, -0.25) is 0 Å². The highest BCUT2D eigenvalue weighted by Gasteiger charge is 2.09. The van der Waals surface area contributed by atoms with Gasteiger partial charge in [-0.1, -0.05) is 18.2 Å². The second-order valence-corrected chi connectivity index (χ2v) is 4.84. The second-order valence-electron chi connectivity index (χ2n) is 4.84.